The molecule has 0 saturated heterocycles. The lowest BCUT2D eigenvalue weighted by molar-refractivity contribution is 0.632. The van der Waals surface area contributed by atoms with Gasteiger partial charge in [0, 0.05) is 11.4 Å². The minimum atomic E-state index is 0.420. The SMILES string of the molecule is Cc1cccc(N)c1N1CCc2sccc2C1C. The van der Waals surface area contributed by atoms with E-state index in [1.807, 2.05) is 23.5 Å². The van der Waals surface area contributed by atoms with Gasteiger partial charge in [0.1, 0.15) is 0 Å². The van der Waals surface area contributed by atoms with Crippen molar-refractivity contribution in [2.24, 2.45) is 0 Å². The molecule has 2 heterocycles. The molecule has 2 aromatic rings. The number of hydrogen-bond donors (Lipinski definition) is 1. The molecule has 0 saturated carbocycles. The highest BCUT2D eigenvalue weighted by molar-refractivity contribution is 7.10. The summed E-state index contributed by atoms with van der Waals surface area (Å²) >= 11 is 1.88. The van der Waals surface area contributed by atoms with Crippen molar-refractivity contribution >= 4 is 22.7 Å². The van der Waals surface area contributed by atoms with Crippen molar-refractivity contribution in [1.82, 2.24) is 0 Å². The molecule has 0 amide bonds. The van der Waals surface area contributed by atoms with Crippen LogP contribution in [-0.4, -0.2) is 6.54 Å². The van der Waals surface area contributed by atoms with Gasteiger partial charge in [-0.3, -0.25) is 0 Å². The molecule has 1 unspecified atom stereocenters. The van der Waals surface area contributed by atoms with Gasteiger partial charge >= 0.3 is 0 Å². The zero-order valence-corrected chi connectivity index (χ0v) is 11.6. The van der Waals surface area contributed by atoms with Gasteiger partial charge in [0.05, 0.1) is 17.4 Å². The smallest absolute Gasteiger partial charge is 0.0634 e. The molecule has 1 aliphatic rings. The van der Waals surface area contributed by atoms with Gasteiger partial charge in [-0.1, -0.05) is 12.1 Å². The zero-order valence-electron chi connectivity index (χ0n) is 10.8. The number of hydrogen-bond acceptors (Lipinski definition) is 3. The third-order valence-electron chi connectivity index (χ3n) is 3.83. The molecule has 3 heteroatoms. The fraction of sp³-hybridized carbons (Fsp3) is 0.333. The highest BCUT2D eigenvalue weighted by Crippen LogP contribution is 2.39. The number of fused-ring (bicyclic) bond motifs is 1. The van der Waals surface area contributed by atoms with Gasteiger partial charge in [0.15, 0.2) is 0 Å². The molecule has 0 radical (unpaired) electrons. The Morgan fingerprint density at radius 3 is 2.94 bits per heavy atom. The van der Waals surface area contributed by atoms with E-state index in [1.165, 1.54) is 21.7 Å². The number of rotatable bonds is 1. The number of nitrogens with zero attached hydrogens (tertiary/aromatic N) is 1. The Bertz CT molecular complexity index is 553. The number of para-hydroxylation sites is 1. The standard InChI is InChI=1S/C15H18N2S/c1-10-4-3-5-13(16)15(10)17-8-6-14-12(11(17)2)7-9-18-14/h3-5,7,9,11H,6,8,16H2,1-2H3. The summed E-state index contributed by atoms with van der Waals surface area (Å²) in [7, 11) is 0. The lowest BCUT2D eigenvalue weighted by Crippen LogP contribution is -2.34. The van der Waals surface area contributed by atoms with Crippen molar-refractivity contribution in [3.8, 4) is 0 Å². The number of anilines is 2. The molecule has 1 aliphatic heterocycles. The summed E-state index contributed by atoms with van der Waals surface area (Å²) in [5.41, 5.74) is 11.0. The Morgan fingerprint density at radius 2 is 2.17 bits per heavy atom. The fourth-order valence-corrected chi connectivity index (χ4v) is 3.85. The van der Waals surface area contributed by atoms with Gasteiger partial charge in [-0.05, 0) is 48.9 Å². The van der Waals surface area contributed by atoms with Crippen molar-refractivity contribution in [3.63, 3.8) is 0 Å². The van der Waals surface area contributed by atoms with Crippen LogP contribution in [0.1, 0.15) is 29.0 Å². The van der Waals surface area contributed by atoms with Crippen LogP contribution < -0.4 is 10.6 Å². The summed E-state index contributed by atoms with van der Waals surface area (Å²) in [6.07, 6.45) is 1.13. The molecule has 18 heavy (non-hydrogen) atoms. The van der Waals surface area contributed by atoms with E-state index < -0.39 is 0 Å². The average Bonchev–Trinajstić information content (AvgIpc) is 2.80. The molecule has 2 nitrogen and oxygen atoms in total. The second-order valence-electron chi connectivity index (χ2n) is 4.93. The quantitative estimate of drug-likeness (QED) is 0.789. The largest absolute Gasteiger partial charge is 0.397 e. The van der Waals surface area contributed by atoms with Crippen LogP contribution >= 0.6 is 11.3 Å². The third kappa shape index (κ3) is 1.70. The van der Waals surface area contributed by atoms with Crippen molar-refractivity contribution < 1.29 is 0 Å². The van der Waals surface area contributed by atoms with E-state index in [1.54, 1.807) is 0 Å². The summed E-state index contributed by atoms with van der Waals surface area (Å²) in [6.45, 7) is 5.47. The van der Waals surface area contributed by atoms with Crippen molar-refractivity contribution in [2.45, 2.75) is 26.3 Å². The molecule has 1 atom stereocenters. The maximum atomic E-state index is 6.17. The highest BCUT2D eigenvalue weighted by atomic mass is 32.1. The molecule has 1 aromatic carbocycles. The molecule has 94 valence electrons. The lowest BCUT2D eigenvalue weighted by Gasteiger charge is -2.37. The summed E-state index contributed by atoms with van der Waals surface area (Å²) in [6, 6.07) is 8.84. The zero-order chi connectivity index (χ0) is 12.7. The maximum Gasteiger partial charge on any atom is 0.0634 e. The van der Waals surface area contributed by atoms with Crippen LogP contribution in [0.3, 0.4) is 0 Å². The topological polar surface area (TPSA) is 29.3 Å². The minimum Gasteiger partial charge on any atom is -0.397 e. The first kappa shape index (κ1) is 11.6. The van der Waals surface area contributed by atoms with Crippen LogP contribution in [0, 0.1) is 6.92 Å². The third-order valence-corrected chi connectivity index (χ3v) is 4.83. The first-order valence-corrected chi connectivity index (χ1v) is 7.24. The van der Waals surface area contributed by atoms with Gasteiger partial charge in [0.2, 0.25) is 0 Å². The average molecular weight is 258 g/mol. The number of aryl methyl sites for hydroxylation is 1. The monoisotopic (exact) mass is 258 g/mol. The predicted octanol–water partition coefficient (Wildman–Crippen LogP) is 3.76. The number of nitrogen functional groups attached to an aromatic ring is 1. The van der Waals surface area contributed by atoms with Crippen LogP contribution in [0.15, 0.2) is 29.6 Å². The van der Waals surface area contributed by atoms with E-state index in [-0.39, 0.29) is 0 Å². The number of thiophene rings is 1. The van der Waals surface area contributed by atoms with E-state index in [0.717, 1.165) is 18.7 Å². The molecule has 0 bridgehead atoms. The maximum absolute atomic E-state index is 6.17. The molecule has 2 N–H and O–H groups in total. The normalized spacial score (nSPS) is 18.8. The number of nitrogens with two attached hydrogens (primary N) is 1. The minimum absolute atomic E-state index is 0.420. The first-order chi connectivity index (χ1) is 8.68. The van der Waals surface area contributed by atoms with Gasteiger partial charge < -0.3 is 10.6 Å². The molecular formula is C15H18N2S. The van der Waals surface area contributed by atoms with E-state index in [4.69, 9.17) is 5.73 Å². The summed E-state index contributed by atoms with van der Waals surface area (Å²) in [5, 5.41) is 2.20. The Morgan fingerprint density at radius 1 is 1.33 bits per heavy atom. The van der Waals surface area contributed by atoms with Crippen LogP contribution in [0.2, 0.25) is 0 Å². The van der Waals surface area contributed by atoms with Gasteiger partial charge in [-0.2, -0.15) is 0 Å². The fourth-order valence-electron chi connectivity index (χ4n) is 2.89. The Balaban J connectivity index is 2.04. The summed E-state index contributed by atoms with van der Waals surface area (Å²) in [4.78, 5) is 3.98. The summed E-state index contributed by atoms with van der Waals surface area (Å²) < 4.78 is 0. The van der Waals surface area contributed by atoms with Gasteiger partial charge in [-0.15, -0.1) is 11.3 Å². The van der Waals surface area contributed by atoms with Crippen molar-refractivity contribution in [3.05, 3.63) is 45.6 Å². The summed E-state index contributed by atoms with van der Waals surface area (Å²) in [5.74, 6) is 0. The predicted molar refractivity (Wildman–Crippen MR) is 79.4 cm³/mol. The van der Waals surface area contributed by atoms with E-state index >= 15 is 0 Å². The van der Waals surface area contributed by atoms with Gasteiger partial charge in [-0.25, -0.2) is 0 Å². The Labute approximate surface area is 112 Å². The van der Waals surface area contributed by atoms with Crippen LogP contribution in [0.25, 0.3) is 0 Å². The van der Waals surface area contributed by atoms with Crippen LogP contribution in [0.5, 0.6) is 0 Å². The van der Waals surface area contributed by atoms with E-state index in [2.05, 4.69) is 36.3 Å². The molecule has 3 rings (SSSR count). The van der Waals surface area contributed by atoms with E-state index in [0.29, 0.717) is 6.04 Å². The molecular weight excluding hydrogens is 240 g/mol. The first-order valence-electron chi connectivity index (χ1n) is 6.36. The highest BCUT2D eigenvalue weighted by Gasteiger charge is 2.26. The van der Waals surface area contributed by atoms with Crippen LogP contribution in [0.4, 0.5) is 11.4 Å². The van der Waals surface area contributed by atoms with Gasteiger partial charge in [0.25, 0.3) is 0 Å². The molecule has 0 spiro atoms. The molecule has 0 fully saturated rings. The van der Waals surface area contributed by atoms with E-state index in [9.17, 15) is 0 Å². The Kier molecular flexibility index (Phi) is 2.78. The molecule has 1 aromatic heterocycles. The second-order valence-corrected chi connectivity index (χ2v) is 5.93. The lowest BCUT2D eigenvalue weighted by atomic mass is 9.99. The second kappa shape index (κ2) is 4.32. The molecule has 0 aliphatic carbocycles. The Hall–Kier alpha value is -1.48. The van der Waals surface area contributed by atoms with Crippen molar-refractivity contribution in [1.29, 1.82) is 0 Å². The van der Waals surface area contributed by atoms with Crippen LogP contribution in [-0.2, 0) is 6.42 Å². The number of benzene rings is 1. The van der Waals surface area contributed by atoms with Crippen molar-refractivity contribution in [2.75, 3.05) is 17.2 Å².